The maximum atomic E-state index is 13.0. The first kappa shape index (κ1) is 15.7. The Morgan fingerprint density at radius 3 is 2.33 bits per heavy atom. The monoisotopic (exact) mass is 312 g/mol. The molecule has 2 N–H and O–H groups in total. The Hall–Kier alpha value is -0.330. The number of aliphatic hydroxyl groups excluding tert-OH is 2. The minimum atomic E-state index is -1.38. The van der Waals surface area contributed by atoms with Crippen molar-refractivity contribution in [2.24, 2.45) is 0 Å². The lowest BCUT2D eigenvalue weighted by atomic mass is 10.1. The van der Waals surface area contributed by atoms with Gasteiger partial charge in [-0.15, -0.1) is 0 Å². The van der Waals surface area contributed by atoms with Crippen LogP contribution in [0.1, 0.15) is 18.6 Å². The zero-order chi connectivity index (χ0) is 13.9. The van der Waals surface area contributed by atoms with E-state index in [2.05, 4.69) is 0 Å². The Bertz CT molecular complexity index is 433. The van der Waals surface area contributed by atoms with E-state index in [1.54, 1.807) is 0 Å². The number of thioether (sulfide) groups is 1. The van der Waals surface area contributed by atoms with E-state index in [0.717, 1.165) is 23.9 Å². The SMILES string of the molecule is CC(=O)SCC(O)C(O)c1c(Cl)cc(F)cc1Cl. The average molecular weight is 313 g/mol. The molecule has 2 unspecified atom stereocenters. The number of hydrogen-bond acceptors (Lipinski definition) is 4. The van der Waals surface area contributed by atoms with Gasteiger partial charge in [-0.05, 0) is 12.1 Å². The summed E-state index contributed by atoms with van der Waals surface area (Å²) in [5, 5.41) is 19.3. The molecule has 100 valence electrons. The minimum absolute atomic E-state index is 0.000530. The predicted octanol–water partition coefficient (Wildman–Crippen LogP) is 2.81. The molecule has 0 bridgehead atoms. The van der Waals surface area contributed by atoms with Gasteiger partial charge in [0.15, 0.2) is 5.12 Å². The van der Waals surface area contributed by atoms with Crippen LogP contribution in [0.25, 0.3) is 0 Å². The van der Waals surface area contributed by atoms with E-state index < -0.39 is 18.0 Å². The first-order valence-corrected chi connectivity index (χ1v) is 6.71. The third-order valence-electron chi connectivity index (χ3n) is 2.16. The van der Waals surface area contributed by atoms with Crippen LogP contribution in [0.2, 0.25) is 10.0 Å². The van der Waals surface area contributed by atoms with Crippen LogP contribution in [-0.2, 0) is 4.79 Å². The quantitative estimate of drug-likeness (QED) is 0.897. The van der Waals surface area contributed by atoms with Crippen molar-refractivity contribution in [2.75, 3.05) is 5.75 Å². The van der Waals surface area contributed by atoms with Gasteiger partial charge in [0.2, 0.25) is 0 Å². The summed E-state index contributed by atoms with van der Waals surface area (Å²) in [5.41, 5.74) is 0.0522. The van der Waals surface area contributed by atoms with Crippen LogP contribution in [0, 0.1) is 5.82 Å². The van der Waals surface area contributed by atoms with E-state index in [0.29, 0.717) is 0 Å². The first-order valence-electron chi connectivity index (χ1n) is 4.97. The molecule has 0 radical (unpaired) electrons. The summed E-state index contributed by atoms with van der Waals surface area (Å²) < 4.78 is 13.0. The van der Waals surface area contributed by atoms with E-state index in [9.17, 15) is 19.4 Å². The fourth-order valence-electron chi connectivity index (χ4n) is 1.32. The van der Waals surface area contributed by atoms with Crippen molar-refractivity contribution in [1.82, 2.24) is 0 Å². The topological polar surface area (TPSA) is 57.5 Å². The number of benzene rings is 1. The van der Waals surface area contributed by atoms with E-state index in [1.807, 2.05) is 0 Å². The van der Waals surface area contributed by atoms with E-state index in [1.165, 1.54) is 6.92 Å². The Morgan fingerprint density at radius 1 is 1.39 bits per heavy atom. The van der Waals surface area contributed by atoms with Crippen LogP contribution in [0.15, 0.2) is 12.1 Å². The van der Waals surface area contributed by atoms with Crippen molar-refractivity contribution in [3.63, 3.8) is 0 Å². The summed E-state index contributed by atoms with van der Waals surface area (Å²) in [6.07, 6.45) is -2.60. The molecular weight excluding hydrogens is 302 g/mol. The highest BCUT2D eigenvalue weighted by atomic mass is 35.5. The zero-order valence-corrected chi connectivity index (χ0v) is 11.7. The molecule has 1 aromatic rings. The van der Waals surface area contributed by atoms with Crippen molar-refractivity contribution in [3.8, 4) is 0 Å². The van der Waals surface area contributed by atoms with Crippen molar-refractivity contribution in [3.05, 3.63) is 33.6 Å². The summed E-state index contributed by atoms with van der Waals surface area (Å²) in [7, 11) is 0. The number of halogens is 3. The van der Waals surface area contributed by atoms with Gasteiger partial charge in [0.1, 0.15) is 11.9 Å². The molecule has 1 rings (SSSR count). The molecule has 0 saturated carbocycles. The number of rotatable bonds is 4. The van der Waals surface area contributed by atoms with Gasteiger partial charge in [-0.2, -0.15) is 0 Å². The molecule has 1 aromatic carbocycles. The number of aliphatic hydroxyl groups is 2. The van der Waals surface area contributed by atoms with Crippen LogP contribution in [0.4, 0.5) is 4.39 Å². The second-order valence-electron chi connectivity index (χ2n) is 3.60. The summed E-state index contributed by atoms with van der Waals surface area (Å²) in [6.45, 7) is 1.35. The number of carbonyl (C=O) groups is 1. The molecule has 2 atom stereocenters. The molecule has 0 heterocycles. The number of carbonyl (C=O) groups excluding carboxylic acids is 1. The van der Waals surface area contributed by atoms with E-state index >= 15 is 0 Å². The van der Waals surface area contributed by atoms with Gasteiger partial charge in [-0.25, -0.2) is 4.39 Å². The molecular formula is C11H11Cl2FO3S. The maximum Gasteiger partial charge on any atom is 0.185 e. The third-order valence-corrected chi connectivity index (χ3v) is 3.70. The summed E-state index contributed by atoms with van der Waals surface area (Å²) in [6, 6.07) is 1.99. The van der Waals surface area contributed by atoms with E-state index in [4.69, 9.17) is 23.2 Å². The molecule has 0 spiro atoms. The fraction of sp³-hybridized carbons (Fsp3) is 0.364. The van der Waals surface area contributed by atoms with Gasteiger partial charge in [-0.1, -0.05) is 35.0 Å². The van der Waals surface area contributed by atoms with Gasteiger partial charge in [-0.3, -0.25) is 4.79 Å². The fourth-order valence-corrected chi connectivity index (χ4v) is 2.59. The molecule has 0 aromatic heterocycles. The van der Waals surface area contributed by atoms with Gasteiger partial charge in [0.05, 0.1) is 16.1 Å². The van der Waals surface area contributed by atoms with E-state index in [-0.39, 0.29) is 26.5 Å². The van der Waals surface area contributed by atoms with Crippen molar-refractivity contribution in [2.45, 2.75) is 19.1 Å². The molecule has 0 saturated heterocycles. The molecule has 3 nitrogen and oxygen atoms in total. The Kier molecular flexibility index (Phi) is 5.88. The molecule has 18 heavy (non-hydrogen) atoms. The standard InChI is InChI=1S/C11H11Cl2FO3S/c1-5(15)18-4-9(16)11(17)10-7(12)2-6(14)3-8(10)13/h2-3,9,11,16-17H,4H2,1H3. The van der Waals surface area contributed by atoms with Crippen LogP contribution < -0.4 is 0 Å². The molecule has 0 fully saturated rings. The van der Waals surface area contributed by atoms with Crippen molar-refractivity contribution >= 4 is 40.1 Å². The van der Waals surface area contributed by atoms with Gasteiger partial charge in [0, 0.05) is 18.2 Å². The maximum absolute atomic E-state index is 13.0. The smallest absolute Gasteiger partial charge is 0.185 e. The largest absolute Gasteiger partial charge is 0.389 e. The predicted molar refractivity (Wildman–Crippen MR) is 70.5 cm³/mol. The van der Waals surface area contributed by atoms with Crippen LogP contribution >= 0.6 is 35.0 Å². The third kappa shape index (κ3) is 4.10. The molecule has 0 aliphatic rings. The average Bonchev–Trinajstić information content (AvgIpc) is 2.24. The second-order valence-corrected chi connectivity index (χ2v) is 5.61. The second kappa shape index (κ2) is 6.73. The Balaban J connectivity index is 2.89. The summed E-state index contributed by atoms with van der Waals surface area (Å²) in [4.78, 5) is 10.8. The highest BCUT2D eigenvalue weighted by molar-refractivity contribution is 8.13. The van der Waals surface area contributed by atoms with Crippen molar-refractivity contribution < 1.29 is 19.4 Å². The molecule has 0 amide bonds. The van der Waals surface area contributed by atoms with Crippen molar-refractivity contribution in [1.29, 1.82) is 0 Å². The lowest BCUT2D eigenvalue weighted by molar-refractivity contribution is -0.109. The molecule has 7 heteroatoms. The number of hydrogen-bond donors (Lipinski definition) is 2. The zero-order valence-electron chi connectivity index (χ0n) is 9.36. The van der Waals surface area contributed by atoms with Crippen LogP contribution in [0.3, 0.4) is 0 Å². The lowest BCUT2D eigenvalue weighted by Gasteiger charge is -2.19. The lowest BCUT2D eigenvalue weighted by Crippen LogP contribution is -2.22. The minimum Gasteiger partial charge on any atom is -0.389 e. The molecule has 0 aliphatic heterocycles. The highest BCUT2D eigenvalue weighted by Crippen LogP contribution is 2.33. The van der Waals surface area contributed by atoms with Crippen LogP contribution in [0.5, 0.6) is 0 Å². The van der Waals surface area contributed by atoms with Crippen LogP contribution in [-0.4, -0.2) is 27.2 Å². The summed E-state index contributed by atoms with van der Waals surface area (Å²) in [5.74, 6) is -0.630. The Morgan fingerprint density at radius 2 is 1.89 bits per heavy atom. The normalized spacial score (nSPS) is 14.3. The van der Waals surface area contributed by atoms with Gasteiger partial charge < -0.3 is 10.2 Å². The summed E-state index contributed by atoms with van der Waals surface area (Å²) >= 11 is 12.4. The van der Waals surface area contributed by atoms with Gasteiger partial charge >= 0.3 is 0 Å². The Labute approximate surface area is 118 Å². The van der Waals surface area contributed by atoms with Gasteiger partial charge in [0.25, 0.3) is 0 Å². The first-order chi connectivity index (χ1) is 8.32. The molecule has 0 aliphatic carbocycles. The highest BCUT2D eigenvalue weighted by Gasteiger charge is 2.24.